The minimum absolute atomic E-state index is 0.569. The number of para-hydroxylation sites is 1. The molecule has 0 atom stereocenters. The predicted octanol–water partition coefficient (Wildman–Crippen LogP) is 3.36. The van der Waals surface area contributed by atoms with E-state index < -0.39 is 0 Å². The first kappa shape index (κ1) is 14.3. The van der Waals surface area contributed by atoms with Crippen molar-refractivity contribution in [1.82, 2.24) is 5.32 Å². The zero-order valence-electron chi connectivity index (χ0n) is 11.4. The maximum atomic E-state index is 5.61. The Kier molecular flexibility index (Phi) is 5.38. The van der Waals surface area contributed by atoms with Gasteiger partial charge in [0.15, 0.2) is 5.11 Å². The first-order chi connectivity index (χ1) is 9.74. The maximum absolute atomic E-state index is 5.61. The van der Waals surface area contributed by atoms with Gasteiger partial charge in [-0.1, -0.05) is 35.9 Å². The van der Waals surface area contributed by atoms with E-state index in [1.54, 1.807) is 0 Å². The molecule has 0 saturated heterocycles. The lowest BCUT2D eigenvalue weighted by Gasteiger charge is -2.11. The fraction of sp³-hybridized carbons (Fsp3) is 0.188. The number of hydrogen-bond donors (Lipinski definition) is 2. The normalized spacial score (nSPS) is 9.85. The number of anilines is 1. The molecule has 0 aliphatic carbocycles. The molecule has 0 bridgehead atoms. The van der Waals surface area contributed by atoms with Gasteiger partial charge in [-0.25, -0.2) is 0 Å². The predicted molar refractivity (Wildman–Crippen MR) is 87.3 cm³/mol. The lowest BCUT2D eigenvalue weighted by molar-refractivity contribution is 0.322. The molecule has 0 unspecified atom stereocenters. The molecule has 2 N–H and O–H groups in total. The largest absolute Gasteiger partial charge is 0.492 e. The van der Waals surface area contributed by atoms with Crippen LogP contribution in [-0.2, 0) is 0 Å². The number of thiocarbonyl (C=S) groups is 1. The van der Waals surface area contributed by atoms with E-state index in [1.165, 1.54) is 5.56 Å². The summed E-state index contributed by atoms with van der Waals surface area (Å²) in [5, 5.41) is 6.82. The van der Waals surface area contributed by atoms with E-state index in [0.717, 1.165) is 11.4 Å². The number of nitrogens with one attached hydrogen (secondary N) is 2. The van der Waals surface area contributed by atoms with E-state index in [2.05, 4.69) is 17.6 Å². The first-order valence-electron chi connectivity index (χ1n) is 6.53. The standard InChI is InChI=1S/C16H18N2OS/c1-13-7-9-15(10-8-13)19-12-11-17-16(20)18-14-5-3-2-4-6-14/h2-10H,11-12H2,1H3,(H2,17,18,20). The Hall–Kier alpha value is -2.07. The van der Waals surface area contributed by atoms with Gasteiger partial charge in [0.25, 0.3) is 0 Å². The molecule has 3 nitrogen and oxygen atoms in total. The average molecular weight is 286 g/mol. The van der Waals surface area contributed by atoms with E-state index in [1.807, 2.05) is 54.6 Å². The van der Waals surface area contributed by atoms with Crippen LogP contribution in [0.2, 0.25) is 0 Å². The first-order valence-corrected chi connectivity index (χ1v) is 6.94. The highest BCUT2D eigenvalue weighted by atomic mass is 32.1. The SMILES string of the molecule is Cc1ccc(OCCNC(=S)Nc2ccccc2)cc1. The molecule has 0 spiro atoms. The molecule has 0 radical (unpaired) electrons. The Bertz CT molecular complexity index is 540. The number of aryl methyl sites for hydroxylation is 1. The molecule has 0 aliphatic rings. The van der Waals surface area contributed by atoms with Crippen LogP contribution in [-0.4, -0.2) is 18.3 Å². The number of benzene rings is 2. The summed E-state index contributed by atoms with van der Waals surface area (Å²) in [6, 6.07) is 17.8. The summed E-state index contributed by atoms with van der Waals surface area (Å²) in [5.41, 5.74) is 2.20. The molecule has 0 saturated carbocycles. The molecule has 2 aromatic carbocycles. The van der Waals surface area contributed by atoms with Gasteiger partial charge in [-0.2, -0.15) is 0 Å². The molecule has 2 aromatic rings. The van der Waals surface area contributed by atoms with Gasteiger partial charge < -0.3 is 15.4 Å². The summed E-state index contributed by atoms with van der Waals surface area (Å²) in [4.78, 5) is 0. The molecule has 0 aromatic heterocycles. The van der Waals surface area contributed by atoms with Crippen molar-refractivity contribution >= 4 is 23.0 Å². The summed E-state index contributed by atoms with van der Waals surface area (Å²) >= 11 is 5.21. The second kappa shape index (κ2) is 7.50. The van der Waals surface area contributed by atoms with Crippen LogP contribution in [0, 0.1) is 6.92 Å². The van der Waals surface area contributed by atoms with Gasteiger partial charge in [0.05, 0.1) is 6.54 Å². The monoisotopic (exact) mass is 286 g/mol. The second-order valence-electron chi connectivity index (χ2n) is 4.41. The second-order valence-corrected chi connectivity index (χ2v) is 4.82. The zero-order valence-corrected chi connectivity index (χ0v) is 12.2. The van der Waals surface area contributed by atoms with E-state index in [-0.39, 0.29) is 0 Å². The van der Waals surface area contributed by atoms with Gasteiger partial charge in [-0.15, -0.1) is 0 Å². The quantitative estimate of drug-likeness (QED) is 0.652. The Morgan fingerprint density at radius 1 is 1.05 bits per heavy atom. The Morgan fingerprint density at radius 3 is 2.45 bits per heavy atom. The molecule has 0 heterocycles. The van der Waals surface area contributed by atoms with Gasteiger partial charge in [-0.05, 0) is 43.4 Å². The van der Waals surface area contributed by atoms with Crippen LogP contribution in [0.15, 0.2) is 54.6 Å². The number of ether oxygens (including phenoxy) is 1. The third kappa shape index (κ3) is 4.90. The lowest BCUT2D eigenvalue weighted by Crippen LogP contribution is -2.31. The van der Waals surface area contributed by atoms with Crippen LogP contribution in [0.1, 0.15) is 5.56 Å². The van der Waals surface area contributed by atoms with E-state index >= 15 is 0 Å². The summed E-state index contributed by atoms with van der Waals surface area (Å²) in [5.74, 6) is 0.874. The highest BCUT2D eigenvalue weighted by molar-refractivity contribution is 7.80. The number of hydrogen-bond acceptors (Lipinski definition) is 2. The fourth-order valence-corrected chi connectivity index (χ4v) is 1.88. The van der Waals surface area contributed by atoms with Crippen molar-refractivity contribution < 1.29 is 4.74 Å². The lowest BCUT2D eigenvalue weighted by atomic mass is 10.2. The molecule has 20 heavy (non-hydrogen) atoms. The number of rotatable bonds is 5. The van der Waals surface area contributed by atoms with Crippen molar-refractivity contribution in [3.8, 4) is 5.75 Å². The van der Waals surface area contributed by atoms with Crippen LogP contribution >= 0.6 is 12.2 Å². The molecular formula is C16H18N2OS. The molecule has 0 amide bonds. The van der Waals surface area contributed by atoms with Gasteiger partial charge in [0, 0.05) is 5.69 Å². The van der Waals surface area contributed by atoms with E-state index in [4.69, 9.17) is 17.0 Å². The summed E-state index contributed by atoms with van der Waals surface area (Å²) in [7, 11) is 0. The molecule has 0 fully saturated rings. The van der Waals surface area contributed by atoms with Crippen molar-refractivity contribution in [2.75, 3.05) is 18.5 Å². The Balaban J connectivity index is 1.66. The van der Waals surface area contributed by atoms with Crippen molar-refractivity contribution in [2.24, 2.45) is 0 Å². The third-order valence-corrected chi connectivity index (χ3v) is 2.96. The third-order valence-electron chi connectivity index (χ3n) is 2.71. The van der Waals surface area contributed by atoms with Crippen LogP contribution < -0.4 is 15.4 Å². The van der Waals surface area contributed by atoms with Crippen molar-refractivity contribution in [3.63, 3.8) is 0 Å². The van der Waals surface area contributed by atoms with Crippen molar-refractivity contribution in [3.05, 3.63) is 60.2 Å². The summed E-state index contributed by atoms with van der Waals surface area (Å²) in [6.45, 7) is 3.28. The van der Waals surface area contributed by atoms with Gasteiger partial charge in [0.2, 0.25) is 0 Å². The highest BCUT2D eigenvalue weighted by Crippen LogP contribution is 2.10. The maximum Gasteiger partial charge on any atom is 0.170 e. The minimum Gasteiger partial charge on any atom is -0.492 e. The molecular weight excluding hydrogens is 268 g/mol. The Morgan fingerprint density at radius 2 is 1.75 bits per heavy atom. The van der Waals surface area contributed by atoms with Gasteiger partial charge >= 0.3 is 0 Å². The van der Waals surface area contributed by atoms with Crippen LogP contribution in [0.5, 0.6) is 5.75 Å². The van der Waals surface area contributed by atoms with E-state index in [0.29, 0.717) is 18.3 Å². The van der Waals surface area contributed by atoms with Crippen molar-refractivity contribution in [2.45, 2.75) is 6.92 Å². The molecule has 0 aliphatic heterocycles. The van der Waals surface area contributed by atoms with Crippen molar-refractivity contribution in [1.29, 1.82) is 0 Å². The van der Waals surface area contributed by atoms with Crippen LogP contribution in [0.25, 0.3) is 0 Å². The van der Waals surface area contributed by atoms with Gasteiger partial charge in [0.1, 0.15) is 12.4 Å². The summed E-state index contributed by atoms with van der Waals surface area (Å²) in [6.07, 6.45) is 0. The minimum atomic E-state index is 0.569. The summed E-state index contributed by atoms with van der Waals surface area (Å²) < 4.78 is 5.61. The van der Waals surface area contributed by atoms with Gasteiger partial charge in [-0.3, -0.25) is 0 Å². The Labute approximate surface area is 125 Å². The highest BCUT2D eigenvalue weighted by Gasteiger charge is 1.97. The topological polar surface area (TPSA) is 33.3 Å². The molecule has 104 valence electrons. The van der Waals surface area contributed by atoms with Crippen LogP contribution in [0.4, 0.5) is 5.69 Å². The molecule has 4 heteroatoms. The molecule has 2 rings (SSSR count). The fourth-order valence-electron chi connectivity index (χ4n) is 1.66. The smallest absolute Gasteiger partial charge is 0.170 e. The average Bonchev–Trinajstić information content (AvgIpc) is 2.46. The van der Waals surface area contributed by atoms with Crippen LogP contribution in [0.3, 0.4) is 0 Å². The van der Waals surface area contributed by atoms with E-state index in [9.17, 15) is 0 Å². The zero-order chi connectivity index (χ0) is 14.2.